The molecule has 1 aromatic heterocycles. The van der Waals surface area contributed by atoms with Crippen molar-refractivity contribution in [3.63, 3.8) is 0 Å². The highest BCUT2D eigenvalue weighted by Crippen LogP contribution is 2.17. The minimum absolute atomic E-state index is 0.209. The van der Waals surface area contributed by atoms with Crippen LogP contribution in [0.15, 0.2) is 66.0 Å². The Morgan fingerprint density at radius 2 is 1.61 bits per heavy atom. The summed E-state index contributed by atoms with van der Waals surface area (Å²) in [6.45, 7) is 0. The van der Waals surface area contributed by atoms with Crippen molar-refractivity contribution in [1.82, 2.24) is 0 Å². The van der Waals surface area contributed by atoms with Gasteiger partial charge in [0.25, 0.3) is 11.8 Å². The summed E-state index contributed by atoms with van der Waals surface area (Å²) in [5, 5.41) is 12.3. The number of sulfonamides is 1. The molecule has 0 spiro atoms. The number of carbonyl (C=O) groups is 2. The van der Waals surface area contributed by atoms with Crippen LogP contribution < -0.4 is 15.8 Å². The second-order valence-electron chi connectivity index (χ2n) is 5.97. The predicted octanol–water partition coefficient (Wildman–Crippen LogP) is 3.04. The first-order valence-electron chi connectivity index (χ1n) is 8.16. The molecule has 0 saturated heterocycles. The van der Waals surface area contributed by atoms with Gasteiger partial charge in [0.1, 0.15) is 0 Å². The van der Waals surface area contributed by atoms with E-state index in [9.17, 15) is 18.0 Å². The Labute approximate surface area is 166 Å². The van der Waals surface area contributed by atoms with E-state index in [4.69, 9.17) is 5.14 Å². The summed E-state index contributed by atoms with van der Waals surface area (Å²) in [6.07, 6.45) is 0. The van der Waals surface area contributed by atoms with Gasteiger partial charge in [0.2, 0.25) is 10.0 Å². The highest BCUT2D eigenvalue weighted by molar-refractivity contribution is 7.88. The average molecular weight is 415 g/mol. The largest absolute Gasteiger partial charge is 0.322 e. The summed E-state index contributed by atoms with van der Waals surface area (Å²) >= 11 is 1.34. The van der Waals surface area contributed by atoms with Crippen molar-refractivity contribution in [2.45, 2.75) is 5.75 Å². The van der Waals surface area contributed by atoms with Gasteiger partial charge in [0.05, 0.1) is 10.6 Å². The van der Waals surface area contributed by atoms with Gasteiger partial charge in [-0.1, -0.05) is 18.2 Å². The molecule has 0 bridgehead atoms. The van der Waals surface area contributed by atoms with Gasteiger partial charge in [0.15, 0.2) is 0 Å². The Hall–Kier alpha value is -3.01. The molecule has 0 saturated carbocycles. The first-order valence-corrected chi connectivity index (χ1v) is 10.8. The predicted molar refractivity (Wildman–Crippen MR) is 110 cm³/mol. The Morgan fingerprint density at radius 3 is 2.25 bits per heavy atom. The molecule has 0 aliphatic rings. The van der Waals surface area contributed by atoms with Crippen LogP contribution in [0.3, 0.4) is 0 Å². The normalized spacial score (nSPS) is 11.0. The number of thiophene rings is 1. The maximum absolute atomic E-state index is 12.4. The first-order chi connectivity index (χ1) is 13.3. The molecule has 0 atom stereocenters. The minimum Gasteiger partial charge on any atom is -0.322 e. The van der Waals surface area contributed by atoms with Crippen LogP contribution in [0.5, 0.6) is 0 Å². The lowest BCUT2D eigenvalue weighted by molar-refractivity contribution is 0.102. The highest BCUT2D eigenvalue weighted by Gasteiger charge is 2.10. The quantitative estimate of drug-likeness (QED) is 0.573. The number of rotatable bonds is 6. The molecule has 0 aliphatic heterocycles. The van der Waals surface area contributed by atoms with Crippen molar-refractivity contribution in [2.24, 2.45) is 5.14 Å². The third-order valence-corrected chi connectivity index (χ3v) is 5.31. The van der Waals surface area contributed by atoms with Crippen LogP contribution in [-0.4, -0.2) is 20.2 Å². The number of anilines is 2. The van der Waals surface area contributed by atoms with Crippen LogP contribution in [0, 0.1) is 0 Å². The van der Waals surface area contributed by atoms with Crippen molar-refractivity contribution < 1.29 is 18.0 Å². The van der Waals surface area contributed by atoms with E-state index in [2.05, 4.69) is 10.6 Å². The fourth-order valence-corrected chi connectivity index (χ4v) is 3.74. The highest BCUT2D eigenvalue weighted by atomic mass is 32.2. The zero-order chi connectivity index (χ0) is 20.1. The second-order valence-corrected chi connectivity index (χ2v) is 8.53. The number of nitrogens with one attached hydrogen (secondary N) is 2. The summed E-state index contributed by atoms with van der Waals surface area (Å²) in [5.41, 5.74) is 1.91. The van der Waals surface area contributed by atoms with Crippen LogP contribution >= 0.6 is 11.3 Å². The molecule has 4 N–H and O–H groups in total. The maximum Gasteiger partial charge on any atom is 0.265 e. The van der Waals surface area contributed by atoms with Gasteiger partial charge in [0, 0.05) is 16.9 Å². The number of amides is 2. The molecule has 1 heterocycles. The van der Waals surface area contributed by atoms with Gasteiger partial charge in [-0.3, -0.25) is 9.59 Å². The zero-order valence-corrected chi connectivity index (χ0v) is 16.2. The Bertz CT molecular complexity index is 1090. The van der Waals surface area contributed by atoms with Crippen molar-refractivity contribution in [3.05, 3.63) is 82.0 Å². The van der Waals surface area contributed by atoms with E-state index in [-0.39, 0.29) is 17.6 Å². The molecule has 0 radical (unpaired) electrons. The van der Waals surface area contributed by atoms with E-state index in [1.807, 2.05) is 5.38 Å². The Morgan fingerprint density at radius 1 is 0.893 bits per heavy atom. The first kappa shape index (κ1) is 19.7. The number of hydrogen-bond donors (Lipinski definition) is 3. The van der Waals surface area contributed by atoms with Crippen LogP contribution in [0.2, 0.25) is 0 Å². The standard InChI is InChI=1S/C19H17N3O4S2/c20-28(25,26)12-13-3-1-4-16(11-13)22-18(23)14-6-8-15(9-7-14)21-19(24)17-5-2-10-27-17/h1-11H,12H2,(H,21,24)(H,22,23)(H2,20,25,26). The molecule has 3 aromatic rings. The zero-order valence-electron chi connectivity index (χ0n) is 14.6. The van der Waals surface area contributed by atoms with Crippen LogP contribution in [0.25, 0.3) is 0 Å². The lowest BCUT2D eigenvalue weighted by atomic mass is 10.1. The molecular formula is C19H17N3O4S2. The summed E-state index contributed by atoms with van der Waals surface area (Å²) < 4.78 is 22.4. The number of hydrogen-bond acceptors (Lipinski definition) is 5. The third kappa shape index (κ3) is 5.49. The maximum atomic E-state index is 12.4. The van der Waals surface area contributed by atoms with Crippen LogP contribution in [0.4, 0.5) is 11.4 Å². The van der Waals surface area contributed by atoms with Gasteiger partial charge < -0.3 is 10.6 Å². The molecule has 2 amide bonds. The topological polar surface area (TPSA) is 118 Å². The van der Waals surface area contributed by atoms with Crippen molar-refractivity contribution in [3.8, 4) is 0 Å². The van der Waals surface area contributed by atoms with Crippen molar-refractivity contribution in [2.75, 3.05) is 10.6 Å². The lowest BCUT2D eigenvalue weighted by Gasteiger charge is -2.08. The number of nitrogens with two attached hydrogens (primary N) is 1. The number of carbonyl (C=O) groups excluding carboxylic acids is 2. The van der Waals surface area contributed by atoms with E-state index in [0.29, 0.717) is 27.4 Å². The van der Waals surface area contributed by atoms with Gasteiger partial charge in [-0.25, -0.2) is 13.6 Å². The van der Waals surface area contributed by atoms with Crippen molar-refractivity contribution >= 4 is 44.5 Å². The molecule has 0 unspecified atom stereocenters. The second kappa shape index (κ2) is 8.34. The molecule has 3 rings (SSSR count). The smallest absolute Gasteiger partial charge is 0.265 e. The fraction of sp³-hybridized carbons (Fsp3) is 0.0526. The molecule has 144 valence electrons. The average Bonchev–Trinajstić information content (AvgIpc) is 3.16. The lowest BCUT2D eigenvalue weighted by Crippen LogP contribution is -2.15. The molecule has 9 heteroatoms. The summed E-state index contributed by atoms with van der Waals surface area (Å²) in [4.78, 5) is 25.0. The van der Waals surface area contributed by atoms with Gasteiger partial charge in [-0.15, -0.1) is 11.3 Å². The minimum atomic E-state index is -3.65. The summed E-state index contributed by atoms with van der Waals surface area (Å²) in [5.74, 6) is -0.877. The molecule has 0 aliphatic carbocycles. The molecule has 2 aromatic carbocycles. The van der Waals surface area contributed by atoms with Crippen molar-refractivity contribution in [1.29, 1.82) is 0 Å². The number of primary sulfonamides is 1. The third-order valence-electron chi connectivity index (χ3n) is 3.70. The summed E-state index contributed by atoms with van der Waals surface area (Å²) in [7, 11) is -3.65. The van der Waals surface area contributed by atoms with E-state index in [1.165, 1.54) is 11.3 Å². The monoisotopic (exact) mass is 415 g/mol. The molecular weight excluding hydrogens is 398 g/mol. The Balaban J connectivity index is 1.65. The van der Waals surface area contributed by atoms with E-state index in [1.54, 1.807) is 60.7 Å². The fourth-order valence-electron chi connectivity index (χ4n) is 2.48. The molecule has 0 fully saturated rings. The van der Waals surface area contributed by atoms with Crippen LogP contribution in [-0.2, 0) is 15.8 Å². The molecule has 28 heavy (non-hydrogen) atoms. The van der Waals surface area contributed by atoms with E-state index < -0.39 is 10.0 Å². The van der Waals surface area contributed by atoms with Gasteiger partial charge in [-0.05, 0) is 53.4 Å². The van der Waals surface area contributed by atoms with Gasteiger partial charge >= 0.3 is 0 Å². The number of benzene rings is 2. The van der Waals surface area contributed by atoms with Crippen LogP contribution in [0.1, 0.15) is 25.6 Å². The van der Waals surface area contributed by atoms with E-state index >= 15 is 0 Å². The Kier molecular flexibility index (Phi) is 5.88. The SMILES string of the molecule is NS(=O)(=O)Cc1cccc(NC(=O)c2ccc(NC(=O)c3cccs3)cc2)c1. The molecule has 7 nitrogen and oxygen atoms in total. The summed E-state index contributed by atoms with van der Waals surface area (Å²) in [6, 6.07) is 16.4. The van der Waals surface area contributed by atoms with Gasteiger partial charge in [-0.2, -0.15) is 0 Å². The van der Waals surface area contributed by atoms with E-state index in [0.717, 1.165) is 0 Å².